The van der Waals surface area contributed by atoms with E-state index in [9.17, 15) is 18.0 Å². The normalized spacial score (nSPS) is 25.7. The average molecular weight is 571 g/mol. The number of piperazine rings is 1. The summed E-state index contributed by atoms with van der Waals surface area (Å²) >= 11 is 8.83. The molecule has 0 aliphatic carbocycles. The lowest BCUT2D eigenvalue weighted by atomic mass is 10.1. The fraction of sp³-hybridized carbons (Fsp3) is 0.500. The first kappa shape index (κ1) is 25.7. The van der Waals surface area contributed by atoms with Crippen LogP contribution in [0.3, 0.4) is 0 Å². The Balaban J connectivity index is 1.37. The van der Waals surface area contributed by atoms with Gasteiger partial charge in [-0.15, -0.1) is 11.3 Å². The Morgan fingerprint density at radius 1 is 1.19 bits per heavy atom. The minimum absolute atomic E-state index is 0.0815. The molecule has 1 aromatic carbocycles. The molecular formula is C22H27ClN6O4S3. The number of sulfonamides is 1. The molecule has 2 saturated heterocycles. The summed E-state index contributed by atoms with van der Waals surface area (Å²) in [6.07, 6.45) is 0.757. The molecule has 0 radical (unpaired) electrons. The number of halogens is 1. The third-order valence-corrected chi connectivity index (χ3v) is 11.8. The van der Waals surface area contributed by atoms with E-state index in [1.807, 2.05) is 0 Å². The second-order valence-electron chi connectivity index (χ2n) is 8.97. The van der Waals surface area contributed by atoms with Gasteiger partial charge in [-0.1, -0.05) is 29.4 Å². The highest BCUT2D eigenvalue weighted by Crippen LogP contribution is 2.35. The molecular weight excluding hydrogens is 544 g/mol. The molecule has 3 unspecified atom stereocenters. The van der Waals surface area contributed by atoms with E-state index < -0.39 is 22.0 Å². The summed E-state index contributed by atoms with van der Waals surface area (Å²) in [6.45, 7) is 2.57. The highest BCUT2D eigenvalue weighted by molar-refractivity contribution is 8.14. The first-order chi connectivity index (χ1) is 17.1. The van der Waals surface area contributed by atoms with Crippen LogP contribution in [-0.2, 0) is 14.8 Å². The molecule has 1 aromatic heterocycles. The summed E-state index contributed by atoms with van der Waals surface area (Å²) in [6, 6.07) is 5.70. The van der Waals surface area contributed by atoms with Crippen LogP contribution in [0, 0.1) is 0 Å². The molecule has 14 heteroatoms. The van der Waals surface area contributed by atoms with E-state index in [-0.39, 0.29) is 41.3 Å². The molecule has 2 aromatic rings. The molecule has 0 saturated carbocycles. The first-order valence-corrected chi connectivity index (χ1v) is 15.1. The third kappa shape index (κ3) is 4.50. The van der Waals surface area contributed by atoms with Crippen molar-refractivity contribution in [2.75, 3.05) is 40.3 Å². The summed E-state index contributed by atoms with van der Waals surface area (Å²) < 4.78 is 29.2. The maximum absolute atomic E-state index is 13.5. The molecule has 0 bridgehead atoms. The van der Waals surface area contributed by atoms with Gasteiger partial charge in [-0.3, -0.25) is 9.69 Å². The first-order valence-electron chi connectivity index (χ1n) is 11.6. The van der Waals surface area contributed by atoms with Crippen molar-refractivity contribution >= 4 is 71.8 Å². The van der Waals surface area contributed by atoms with Crippen LogP contribution in [0.5, 0.6) is 0 Å². The molecule has 5 rings (SSSR count). The number of benzene rings is 1. The molecule has 3 aliphatic heterocycles. The summed E-state index contributed by atoms with van der Waals surface area (Å²) in [5.74, 6) is -0.419. The zero-order valence-corrected chi connectivity index (χ0v) is 23.3. The monoisotopic (exact) mass is 570 g/mol. The number of carbonyl (C=O) groups is 2. The molecule has 36 heavy (non-hydrogen) atoms. The topological polar surface area (TPSA) is 106 Å². The summed E-state index contributed by atoms with van der Waals surface area (Å²) in [4.78, 5) is 30.0. The predicted octanol–water partition coefficient (Wildman–Crippen LogP) is 2.51. The molecule has 2 fully saturated rings. The highest BCUT2D eigenvalue weighted by atomic mass is 35.5. The van der Waals surface area contributed by atoms with Crippen LogP contribution in [0.4, 0.5) is 4.79 Å². The van der Waals surface area contributed by atoms with Gasteiger partial charge in [0.2, 0.25) is 5.91 Å². The quantitative estimate of drug-likeness (QED) is 0.608. The maximum Gasteiger partial charge on any atom is 0.341 e. The minimum atomic E-state index is -3.87. The second-order valence-corrected chi connectivity index (χ2v) is 14.0. The van der Waals surface area contributed by atoms with Gasteiger partial charge in [0.1, 0.15) is 15.3 Å². The molecule has 10 nitrogen and oxygen atoms in total. The van der Waals surface area contributed by atoms with Crippen molar-refractivity contribution < 1.29 is 18.0 Å². The SMILES string of the molecule is CNC(=O)C1CN(S(=O)(=O)c2cc3ccc(Cl)cc3s2)CCN1C(=O)N1CCC2C(=N1)SC(C)N2C. The van der Waals surface area contributed by atoms with E-state index in [1.54, 1.807) is 36.0 Å². The summed E-state index contributed by atoms with van der Waals surface area (Å²) in [5, 5.41) is 11.1. The maximum atomic E-state index is 13.5. The van der Waals surface area contributed by atoms with Crippen molar-refractivity contribution in [3.8, 4) is 0 Å². The Morgan fingerprint density at radius 2 is 1.97 bits per heavy atom. The van der Waals surface area contributed by atoms with Crippen LogP contribution in [0.25, 0.3) is 10.1 Å². The largest absolute Gasteiger partial charge is 0.357 e. The van der Waals surface area contributed by atoms with Gasteiger partial charge in [-0.25, -0.2) is 18.2 Å². The van der Waals surface area contributed by atoms with E-state index in [0.717, 1.165) is 32.9 Å². The lowest BCUT2D eigenvalue weighted by Gasteiger charge is -2.41. The van der Waals surface area contributed by atoms with E-state index in [2.05, 4.69) is 29.3 Å². The summed E-state index contributed by atoms with van der Waals surface area (Å²) in [7, 11) is -0.340. The van der Waals surface area contributed by atoms with Gasteiger partial charge in [0.25, 0.3) is 10.0 Å². The van der Waals surface area contributed by atoms with Crippen molar-refractivity contribution in [2.45, 2.75) is 35.0 Å². The molecule has 3 aliphatic rings. The van der Waals surface area contributed by atoms with E-state index in [4.69, 9.17) is 11.6 Å². The highest BCUT2D eigenvalue weighted by Gasteiger charge is 2.44. The lowest BCUT2D eigenvalue weighted by molar-refractivity contribution is -0.126. The minimum Gasteiger partial charge on any atom is -0.357 e. The number of rotatable bonds is 3. The number of amides is 3. The Bertz CT molecular complexity index is 1350. The number of nitrogens with one attached hydrogen (secondary N) is 1. The van der Waals surface area contributed by atoms with Crippen molar-refractivity contribution in [2.24, 2.45) is 5.10 Å². The zero-order valence-electron chi connectivity index (χ0n) is 20.0. The Hall–Kier alpha value is -1.90. The average Bonchev–Trinajstić information content (AvgIpc) is 3.42. The van der Waals surface area contributed by atoms with E-state index in [1.165, 1.54) is 21.3 Å². The van der Waals surface area contributed by atoms with Gasteiger partial charge < -0.3 is 10.2 Å². The van der Waals surface area contributed by atoms with Gasteiger partial charge in [0.05, 0.1) is 11.4 Å². The van der Waals surface area contributed by atoms with Crippen molar-refractivity contribution in [3.05, 3.63) is 29.3 Å². The van der Waals surface area contributed by atoms with E-state index >= 15 is 0 Å². The number of hydrazone groups is 1. The zero-order chi connectivity index (χ0) is 25.8. The van der Waals surface area contributed by atoms with Gasteiger partial charge in [0.15, 0.2) is 0 Å². The second kappa shape index (κ2) is 9.76. The number of hydrogen-bond donors (Lipinski definition) is 1. The Kier molecular flexibility index (Phi) is 6.98. The fourth-order valence-electron chi connectivity index (χ4n) is 4.71. The third-order valence-electron chi connectivity index (χ3n) is 6.89. The molecule has 3 atom stereocenters. The molecule has 194 valence electrons. The van der Waals surface area contributed by atoms with E-state index in [0.29, 0.717) is 11.6 Å². The Morgan fingerprint density at radius 3 is 2.72 bits per heavy atom. The van der Waals surface area contributed by atoms with Crippen molar-refractivity contribution in [3.63, 3.8) is 0 Å². The van der Waals surface area contributed by atoms with Crippen LogP contribution >= 0.6 is 34.7 Å². The number of thioether (sulfide) groups is 1. The number of urea groups is 1. The number of likely N-dealkylation sites (N-methyl/N-ethyl adjacent to an activating group) is 1. The molecule has 0 spiro atoms. The number of fused-ring (bicyclic) bond motifs is 2. The van der Waals surface area contributed by atoms with Gasteiger partial charge in [-0.2, -0.15) is 9.41 Å². The standard InChI is InChI=1S/C22H27ClN6O4S3/c1-13-26(3)16-6-7-29(25-21(16)34-13)22(31)28-9-8-27(12-17(28)20(30)24-2)36(32,33)19-10-14-4-5-15(23)11-18(14)35-19/h4-5,10-11,13,16-17H,6-9,12H2,1-3H3,(H,24,30). The van der Waals surface area contributed by atoms with Crippen LogP contribution < -0.4 is 5.32 Å². The fourth-order valence-corrected chi connectivity index (χ4v) is 9.23. The number of thiophene rings is 1. The van der Waals surface area contributed by atoms with Crippen molar-refractivity contribution in [1.29, 1.82) is 0 Å². The van der Waals surface area contributed by atoms with Crippen molar-refractivity contribution in [1.82, 2.24) is 24.4 Å². The van der Waals surface area contributed by atoms with Crippen LogP contribution in [0.2, 0.25) is 5.02 Å². The van der Waals surface area contributed by atoms with Gasteiger partial charge in [0, 0.05) is 42.9 Å². The molecule has 1 N–H and O–H groups in total. The van der Waals surface area contributed by atoms with Crippen LogP contribution in [0.15, 0.2) is 33.6 Å². The van der Waals surface area contributed by atoms with Gasteiger partial charge >= 0.3 is 6.03 Å². The summed E-state index contributed by atoms with van der Waals surface area (Å²) in [5.41, 5.74) is 0. The molecule has 3 amide bonds. The predicted molar refractivity (Wildman–Crippen MR) is 143 cm³/mol. The van der Waals surface area contributed by atoms with Gasteiger partial charge in [-0.05, 0) is 44.0 Å². The number of nitrogens with zero attached hydrogens (tertiary/aromatic N) is 5. The Labute approximate surface area is 223 Å². The number of hydrogen-bond acceptors (Lipinski definition) is 8. The number of carbonyl (C=O) groups excluding carboxylic acids is 2. The smallest absolute Gasteiger partial charge is 0.341 e. The molecule has 4 heterocycles. The van der Waals surface area contributed by atoms with Crippen LogP contribution in [0.1, 0.15) is 13.3 Å². The lowest BCUT2D eigenvalue weighted by Crippen LogP contribution is -2.63. The van der Waals surface area contributed by atoms with Crippen LogP contribution in [-0.4, -0.2) is 102 Å².